The van der Waals surface area contributed by atoms with Crippen LogP contribution in [0.2, 0.25) is 0 Å². The molecule has 188 valence electrons. The molecule has 2 fully saturated rings. The van der Waals surface area contributed by atoms with Crippen molar-refractivity contribution in [1.29, 1.82) is 0 Å². The Bertz CT molecular complexity index is 1410. The van der Waals surface area contributed by atoms with E-state index in [2.05, 4.69) is 41.0 Å². The van der Waals surface area contributed by atoms with E-state index >= 15 is 0 Å². The van der Waals surface area contributed by atoms with Crippen LogP contribution in [0.4, 0.5) is 0 Å². The summed E-state index contributed by atoms with van der Waals surface area (Å²) in [4.78, 5) is 18.0. The summed E-state index contributed by atoms with van der Waals surface area (Å²) < 4.78 is 14.1. The highest BCUT2D eigenvalue weighted by atomic mass is 16.7. The maximum absolute atomic E-state index is 13.2. The molecule has 1 saturated carbocycles. The molecular formula is C31H36N2O3. The molecule has 4 aliphatic rings. The molecule has 5 heteroatoms. The van der Waals surface area contributed by atoms with Gasteiger partial charge in [-0.05, 0) is 66.6 Å². The largest absolute Gasteiger partial charge is 0.347 e. The first-order valence-corrected chi connectivity index (χ1v) is 13.8. The van der Waals surface area contributed by atoms with Crippen LogP contribution in [0.15, 0.2) is 47.3 Å². The second kappa shape index (κ2) is 8.97. The third-order valence-corrected chi connectivity index (χ3v) is 8.63. The van der Waals surface area contributed by atoms with Gasteiger partial charge in [0.1, 0.15) is 5.82 Å². The second-order valence-corrected chi connectivity index (χ2v) is 10.5. The van der Waals surface area contributed by atoms with E-state index in [0.29, 0.717) is 13.2 Å². The Morgan fingerprint density at radius 3 is 2.47 bits per heavy atom. The number of nitrogens with zero attached hydrogens (tertiary/aromatic N) is 2. The van der Waals surface area contributed by atoms with Crippen LogP contribution in [0.3, 0.4) is 0 Å². The molecule has 0 bridgehead atoms. The first-order chi connectivity index (χ1) is 17.6. The maximum atomic E-state index is 13.2. The summed E-state index contributed by atoms with van der Waals surface area (Å²) in [5.74, 6) is 0.550. The fourth-order valence-electron chi connectivity index (χ4n) is 6.91. The lowest BCUT2D eigenvalue weighted by atomic mass is 9.69. The van der Waals surface area contributed by atoms with Gasteiger partial charge < -0.3 is 9.47 Å². The lowest BCUT2D eigenvalue weighted by Gasteiger charge is -2.34. The molecule has 2 spiro atoms. The van der Waals surface area contributed by atoms with Gasteiger partial charge in [0, 0.05) is 12.8 Å². The van der Waals surface area contributed by atoms with Crippen LogP contribution < -0.4 is 5.56 Å². The highest BCUT2D eigenvalue weighted by Crippen LogP contribution is 2.52. The molecule has 3 heterocycles. The highest BCUT2D eigenvalue weighted by Gasteiger charge is 2.47. The third-order valence-electron chi connectivity index (χ3n) is 8.63. The number of aromatic nitrogens is 2. The highest BCUT2D eigenvalue weighted by molar-refractivity contribution is 5.85. The standard InChI is InChI=1S/C29H30N2O3.C2H6/c1-19-6-5-7-24-25(19)26(32)30-27-28(12-3-2-4-13-28)22-18-21(8-9-23(22)31(24)27)20-10-14-29(15-11-20)33-16-17-34-29;1-2/h5-10,18H,2-4,11-17H2,1H3;1-2H3. The predicted molar refractivity (Wildman–Crippen MR) is 144 cm³/mol. The van der Waals surface area contributed by atoms with Crippen molar-refractivity contribution in [3.05, 3.63) is 75.3 Å². The number of allylic oxidation sites excluding steroid dienone is 1. The van der Waals surface area contributed by atoms with E-state index in [9.17, 15) is 4.79 Å². The molecule has 5 nitrogen and oxygen atoms in total. The zero-order chi connectivity index (χ0) is 24.9. The van der Waals surface area contributed by atoms with E-state index in [1.165, 1.54) is 41.6 Å². The van der Waals surface area contributed by atoms with Crippen molar-refractivity contribution < 1.29 is 9.47 Å². The van der Waals surface area contributed by atoms with E-state index in [1.54, 1.807) is 0 Å². The summed E-state index contributed by atoms with van der Waals surface area (Å²) >= 11 is 0. The van der Waals surface area contributed by atoms with E-state index in [-0.39, 0.29) is 11.0 Å². The van der Waals surface area contributed by atoms with Gasteiger partial charge in [-0.25, -0.2) is 0 Å². The van der Waals surface area contributed by atoms with Crippen LogP contribution in [-0.2, 0) is 14.9 Å². The minimum Gasteiger partial charge on any atom is -0.347 e. The molecule has 2 aliphatic carbocycles. The fraction of sp³-hybridized carbons (Fsp3) is 0.484. The monoisotopic (exact) mass is 484 g/mol. The Labute approximate surface area is 213 Å². The molecule has 0 atom stereocenters. The fourth-order valence-corrected chi connectivity index (χ4v) is 6.91. The topological polar surface area (TPSA) is 53.4 Å². The molecule has 0 unspecified atom stereocenters. The average molecular weight is 485 g/mol. The van der Waals surface area contributed by atoms with Gasteiger partial charge in [0.2, 0.25) is 0 Å². The lowest BCUT2D eigenvalue weighted by Crippen LogP contribution is -2.32. The Morgan fingerprint density at radius 2 is 1.75 bits per heavy atom. The average Bonchev–Trinajstić information content (AvgIpc) is 3.47. The van der Waals surface area contributed by atoms with E-state index < -0.39 is 5.79 Å². The predicted octanol–water partition coefficient (Wildman–Crippen LogP) is 6.59. The molecular weight excluding hydrogens is 448 g/mol. The summed E-state index contributed by atoms with van der Waals surface area (Å²) in [5.41, 5.74) is 6.92. The van der Waals surface area contributed by atoms with Gasteiger partial charge in [-0.15, -0.1) is 0 Å². The van der Waals surface area contributed by atoms with Crippen LogP contribution >= 0.6 is 0 Å². The Balaban J connectivity index is 0.00000117. The van der Waals surface area contributed by atoms with Crippen molar-refractivity contribution in [2.75, 3.05) is 13.2 Å². The second-order valence-electron chi connectivity index (χ2n) is 10.5. The van der Waals surface area contributed by atoms with Gasteiger partial charge in [-0.1, -0.05) is 57.4 Å². The zero-order valence-electron chi connectivity index (χ0n) is 21.7. The van der Waals surface area contributed by atoms with Gasteiger partial charge in [-0.3, -0.25) is 9.36 Å². The van der Waals surface area contributed by atoms with Crippen LogP contribution in [-0.4, -0.2) is 28.6 Å². The number of rotatable bonds is 1. The first kappa shape index (κ1) is 23.6. The van der Waals surface area contributed by atoms with E-state index in [1.807, 2.05) is 26.8 Å². The van der Waals surface area contributed by atoms with Crippen LogP contribution in [0, 0.1) is 6.92 Å². The number of benzene rings is 2. The molecule has 36 heavy (non-hydrogen) atoms. The van der Waals surface area contributed by atoms with Crippen LogP contribution in [0.5, 0.6) is 0 Å². The van der Waals surface area contributed by atoms with Crippen molar-refractivity contribution in [2.24, 2.45) is 0 Å². The van der Waals surface area contributed by atoms with E-state index in [4.69, 9.17) is 14.5 Å². The number of aryl methyl sites for hydroxylation is 1. The minimum absolute atomic E-state index is 0.0887. The van der Waals surface area contributed by atoms with Crippen molar-refractivity contribution in [2.45, 2.75) is 83.3 Å². The number of ether oxygens (including phenoxy) is 2. The molecule has 7 rings (SSSR count). The van der Waals surface area contributed by atoms with Crippen molar-refractivity contribution >= 4 is 16.5 Å². The molecule has 0 radical (unpaired) electrons. The van der Waals surface area contributed by atoms with Crippen molar-refractivity contribution in [3.8, 4) is 5.69 Å². The Hall–Kier alpha value is -2.76. The Morgan fingerprint density at radius 1 is 0.972 bits per heavy atom. The minimum atomic E-state index is -0.401. The number of hydrogen-bond acceptors (Lipinski definition) is 4. The SMILES string of the molecule is CC.Cc1cccc2c1c(=O)nc1n2-c2ccc(C3=CCC4(CC3)OCCO4)cc2C12CCCCC2. The maximum Gasteiger partial charge on any atom is 0.281 e. The zero-order valence-corrected chi connectivity index (χ0v) is 21.7. The Kier molecular flexibility index (Phi) is 5.88. The van der Waals surface area contributed by atoms with Gasteiger partial charge in [0.25, 0.3) is 5.56 Å². The van der Waals surface area contributed by atoms with Gasteiger partial charge in [0.15, 0.2) is 5.79 Å². The summed E-state index contributed by atoms with van der Waals surface area (Å²) in [6, 6.07) is 13.1. The molecule has 2 aliphatic heterocycles. The van der Waals surface area contributed by atoms with Crippen molar-refractivity contribution in [1.82, 2.24) is 9.55 Å². The summed E-state index contributed by atoms with van der Waals surface area (Å²) in [7, 11) is 0. The molecule has 1 aromatic heterocycles. The third kappa shape index (κ3) is 3.43. The van der Waals surface area contributed by atoms with Crippen molar-refractivity contribution in [3.63, 3.8) is 0 Å². The normalized spacial score (nSPS) is 21.1. The number of hydrogen-bond donors (Lipinski definition) is 0. The molecule has 0 amide bonds. The molecule has 2 aromatic carbocycles. The summed E-state index contributed by atoms with van der Waals surface area (Å²) in [6.07, 6.45) is 10.7. The molecule has 0 N–H and O–H groups in total. The van der Waals surface area contributed by atoms with E-state index in [0.717, 1.165) is 54.4 Å². The first-order valence-electron chi connectivity index (χ1n) is 13.8. The lowest BCUT2D eigenvalue weighted by molar-refractivity contribution is -0.159. The van der Waals surface area contributed by atoms with Crippen LogP contribution in [0.1, 0.15) is 87.7 Å². The van der Waals surface area contributed by atoms with Gasteiger partial charge in [-0.2, -0.15) is 4.98 Å². The van der Waals surface area contributed by atoms with Gasteiger partial charge >= 0.3 is 0 Å². The molecule has 3 aromatic rings. The number of fused-ring (bicyclic) bond motifs is 7. The smallest absolute Gasteiger partial charge is 0.281 e. The van der Waals surface area contributed by atoms with Crippen LogP contribution in [0.25, 0.3) is 22.2 Å². The summed E-state index contributed by atoms with van der Waals surface area (Å²) in [5, 5.41) is 0.742. The van der Waals surface area contributed by atoms with Gasteiger partial charge in [0.05, 0.1) is 35.2 Å². The summed E-state index contributed by atoms with van der Waals surface area (Å²) in [6.45, 7) is 7.40. The molecule has 1 saturated heterocycles. The quantitative estimate of drug-likeness (QED) is 0.391.